The van der Waals surface area contributed by atoms with Crippen LogP contribution < -0.4 is 5.32 Å². The van der Waals surface area contributed by atoms with Crippen LogP contribution in [0.2, 0.25) is 0 Å². The Morgan fingerprint density at radius 1 is 1.30 bits per heavy atom. The lowest BCUT2D eigenvalue weighted by Gasteiger charge is -2.22. The van der Waals surface area contributed by atoms with Gasteiger partial charge in [-0.2, -0.15) is 0 Å². The predicted octanol–water partition coefficient (Wildman–Crippen LogP) is 3.30. The van der Waals surface area contributed by atoms with Crippen LogP contribution in [0, 0.1) is 0 Å². The van der Waals surface area contributed by atoms with Gasteiger partial charge in [0.25, 0.3) is 0 Å². The van der Waals surface area contributed by atoms with Gasteiger partial charge in [-0.05, 0) is 63.6 Å². The largest absolute Gasteiger partial charge is 0.508 e. The summed E-state index contributed by atoms with van der Waals surface area (Å²) < 4.78 is 5.21. The molecule has 2 N–H and O–H groups in total. The Morgan fingerprint density at radius 3 is 2.70 bits per heavy atom. The molecule has 110 valence electrons. The van der Waals surface area contributed by atoms with Crippen LogP contribution >= 0.6 is 0 Å². The fourth-order valence-electron chi connectivity index (χ4n) is 2.56. The van der Waals surface area contributed by atoms with Crippen LogP contribution in [0.5, 0.6) is 5.75 Å². The summed E-state index contributed by atoms with van der Waals surface area (Å²) in [5.41, 5.74) is 2.79. The number of benzene rings is 1. The van der Waals surface area contributed by atoms with E-state index in [0.29, 0.717) is 6.54 Å². The van der Waals surface area contributed by atoms with Gasteiger partial charge in [0.1, 0.15) is 11.4 Å². The first kappa shape index (κ1) is 14.7. The van der Waals surface area contributed by atoms with Gasteiger partial charge in [-0.1, -0.05) is 6.07 Å². The Balaban J connectivity index is 2.08. The molecule has 2 rings (SSSR count). The molecule has 1 aliphatic carbocycles. The van der Waals surface area contributed by atoms with E-state index in [4.69, 9.17) is 4.74 Å². The first-order chi connectivity index (χ1) is 9.37. The highest BCUT2D eigenvalue weighted by Gasteiger charge is 2.19. The molecule has 0 aromatic heterocycles. The molecule has 1 aromatic rings. The molecule has 1 amide bonds. The maximum absolute atomic E-state index is 11.7. The monoisotopic (exact) mass is 277 g/mol. The fourth-order valence-corrected chi connectivity index (χ4v) is 2.56. The lowest BCUT2D eigenvalue weighted by atomic mass is 9.88. The van der Waals surface area contributed by atoms with Crippen LogP contribution in [0.1, 0.15) is 50.3 Å². The smallest absolute Gasteiger partial charge is 0.407 e. The Kier molecular flexibility index (Phi) is 4.21. The number of hydrogen-bond acceptors (Lipinski definition) is 3. The molecule has 4 heteroatoms. The van der Waals surface area contributed by atoms with Crippen molar-refractivity contribution in [3.8, 4) is 5.75 Å². The van der Waals surface area contributed by atoms with Crippen molar-refractivity contribution in [2.75, 3.05) is 0 Å². The summed E-state index contributed by atoms with van der Waals surface area (Å²) in [5, 5.41) is 12.7. The molecule has 0 unspecified atom stereocenters. The third-order valence-corrected chi connectivity index (χ3v) is 3.43. The summed E-state index contributed by atoms with van der Waals surface area (Å²) in [5.74, 6) is 0.252. The van der Waals surface area contributed by atoms with E-state index in [1.54, 1.807) is 6.07 Å². The maximum Gasteiger partial charge on any atom is 0.407 e. The van der Waals surface area contributed by atoms with E-state index in [1.807, 2.05) is 26.8 Å². The number of alkyl carbamates (subject to hydrolysis) is 1. The fraction of sp³-hybridized carbons (Fsp3) is 0.562. The first-order valence-electron chi connectivity index (χ1n) is 7.16. The zero-order valence-electron chi connectivity index (χ0n) is 12.5. The second-order valence-corrected chi connectivity index (χ2v) is 6.26. The highest BCUT2D eigenvalue weighted by molar-refractivity contribution is 5.68. The number of aryl methyl sites for hydroxylation is 1. The number of carbonyl (C=O) groups is 1. The summed E-state index contributed by atoms with van der Waals surface area (Å²) in [6.45, 7) is 5.79. The summed E-state index contributed by atoms with van der Waals surface area (Å²) >= 11 is 0. The Morgan fingerprint density at radius 2 is 2.00 bits per heavy atom. The topological polar surface area (TPSA) is 58.6 Å². The van der Waals surface area contributed by atoms with Crippen molar-refractivity contribution in [1.29, 1.82) is 0 Å². The van der Waals surface area contributed by atoms with Crippen LogP contribution in [-0.2, 0) is 24.1 Å². The molecule has 0 fully saturated rings. The zero-order chi connectivity index (χ0) is 14.8. The van der Waals surface area contributed by atoms with Crippen molar-refractivity contribution in [2.45, 2.75) is 58.6 Å². The van der Waals surface area contributed by atoms with Crippen molar-refractivity contribution in [1.82, 2.24) is 5.32 Å². The van der Waals surface area contributed by atoms with Gasteiger partial charge in [-0.3, -0.25) is 0 Å². The van der Waals surface area contributed by atoms with Gasteiger partial charge < -0.3 is 15.2 Å². The number of phenolic OH excluding ortho intramolecular Hbond substituents is 1. The van der Waals surface area contributed by atoms with Crippen LogP contribution in [0.3, 0.4) is 0 Å². The molecule has 0 radical (unpaired) electrons. The highest BCUT2D eigenvalue weighted by atomic mass is 16.6. The number of nitrogens with one attached hydrogen (secondary N) is 1. The Hall–Kier alpha value is -1.71. The van der Waals surface area contributed by atoms with Crippen molar-refractivity contribution in [3.05, 3.63) is 28.8 Å². The van der Waals surface area contributed by atoms with Crippen LogP contribution in [0.15, 0.2) is 12.1 Å². The van der Waals surface area contributed by atoms with Gasteiger partial charge in [0.15, 0.2) is 0 Å². The van der Waals surface area contributed by atoms with E-state index in [2.05, 4.69) is 5.32 Å². The normalized spacial score (nSPS) is 14.6. The first-order valence-corrected chi connectivity index (χ1v) is 7.16. The quantitative estimate of drug-likeness (QED) is 0.872. The van der Waals surface area contributed by atoms with E-state index in [1.165, 1.54) is 17.5 Å². The standard InChI is InChI=1S/C16H23NO3/c1-16(2,3)20-15(19)17-10-13-12-7-5-4-6-11(12)8-9-14(13)18/h8-9,18H,4-7,10H2,1-3H3,(H,17,19). The maximum atomic E-state index is 11.7. The molecular weight excluding hydrogens is 254 g/mol. The van der Waals surface area contributed by atoms with E-state index in [0.717, 1.165) is 24.8 Å². The molecule has 1 aliphatic rings. The number of hydrogen-bond donors (Lipinski definition) is 2. The molecular formula is C16H23NO3. The molecule has 0 saturated heterocycles. The number of fused-ring (bicyclic) bond motifs is 1. The number of phenols is 1. The molecule has 0 spiro atoms. The van der Waals surface area contributed by atoms with E-state index in [9.17, 15) is 9.90 Å². The predicted molar refractivity (Wildman–Crippen MR) is 77.8 cm³/mol. The number of carbonyl (C=O) groups excluding carboxylic acids is 1. The summed E-state index contributed by atoms with van der Waals surface area (Å²) in [7, 11) is 0. The Labute approximate surface area is 120 Å². The van der Waals surface area contributed by atoms with Crippen molar-refractivity contribution >= 4 is 6.09 Å². The third kappa shape index (κ3) is 3.65. The second-order valence-electron chi connectivity index (χ2n) is 6.26. The highest BCUT2D eigenvalue weighted by Crippen LogP contribution is 2.30. The van der Waals surface area contributed by atoms with E-state index < -0.39 is 11.7 Å². The van der Waals surface area contributed by atoms with E-state index >= 15 is 0 Å². The minimum absolute atomic E-state index is 0.252. The second kappa shape index (κ2) is 5.73. The molecule has 0 bridgehead atoms. The molecule has 0 heterocycles. The van der Waals surface area contributed by atoms with Crippen molar-refractivity contribution in [2.24, 2.45) is 0 Å². The van der Waals surface area contributed by atoms with Gasteiger partial charge in [-0.25, -0.2) is 4.79 Å². The molecule has 1 aromatic carbocycles. The minimum atomic E-state index is -0.512. The van der Waals surface area contributed by atoms with Gasteiger partial charge >= 0.3 is 6.09 Å². The summed E-state index contributed by atoms with van der Waals surface area (Å²) in [6, 6.07) is 3.71. The van der Waals surface area contributed by atoms with Crippen molar-refractivity contribution in [3.63, 3.8) is 0 Å². The lowest BCUT2D eigenvalue weighted by Crippen LogP contribution is -2.32. The molecule has 0 aliphatic heterocycles. The molecule has 4 nitrogen and oxygen atoms in total. The summed E-state index contributed by atoms with van der Waals surface area (Å²) in [4.78, 5) is 11.7. The van der Waals surface area contributed by atoms with Gasteiger partial charge in [0.05, 0.1) is 6.54 Å². The summed E-state index contributed by atoms with van der Waals surface area (Å²) in [6.07, 6.45) is 3.89. The molecule has 0 atom stereocenters. The van der Waals surface area contributed by atoms with Crippen molar-refractivity contribution < 1.29 is 14.6 Å². The zero-order valence-corrected chi connectivity index (χ0v) is 12.5. The SMILES string of the molecule is CC(C)(C)OC(=O)NCc1c(O)ccc2c1CCCC2. The third-order valence-electron chi connectivity index (χ3n) is 3.43. The number of aromatic hydroxyl groups is 1. The van der Waals surface area contributed by atoms with Gasteiger partial charge in [0, 0.05) is 5.56 Å². The lowest BCUT2D eigenvalue weighted by molar-refractivity contribution is 0.0523. The Bertz CT molecular complexity index is 503. The number of rotatable bonds is 2. The van der Waals surface area contributed by atoms with Gasteiger partial charge in [0.2, 0.25) is 0 Å². The number of ether oxygens (including phenoxy) is 1. The molecule has 20 heavy (non-hydrogen) atoms. The van der Waals surface area contributed by atoms with Crippen LogP contribution in [0.4, 0.5) is 4.79 Å². The average Bonchev–Trinajstić information content (AvgIpc) is 2.35. The minimum Gasteiger partial charge on any atom is -0.508 e. The van der Waals surface area contributed by atoms with Crippen LogP contribution in [0.25, 0.3) is 0 Å². The number of amides is 1. The molecule has 0 saturated carbocycles. The van der Waals surface area contributed by atoms with Crippen LogP contribution in [-0.4, -0.2) is 16.8 Å². The van der Waals surface area contributed by atoms with Gasteiger partial charge in [-0.15, -0.1) is 0 Å². The average molecular weight is 277 g/mol. The van der Waals surface area contributed by atoms with E-state index in [-0.39, 0.29) is 5.75 Å².